The molecule has 120 valence electrons. The zero-order valence-corrected chi connectivity index (χ0v) is 13.5. The summed E-state index contributed by atoms with van der Waals surface area (Å²) in [4.78, 5) is 11.8. The fourth-order valence-electron chi connectivity index (χ4n) is 1.94. The molecule has 5 heteroatoms. The maximum absolute atomic E-state index is 11.8. The van der Waals surface area contributed by atoms with Crippen molar-refractivity contribution in [1.29, 1.82) is 0 Å². The summed E-state index contributed by atoms with van der Waals surface area (Å²) in [5.74, 6) is 0.906. The van der Waals surface area contributed by atoms with Crippen LogP contribution in [0, 0.1) is 0 Å². The molecule has 1 aromatic carbocycles. The number of unbranched alkanes of at least 4 members (excludes halogenated alkanes) is 1. The van der Waals surface area contributed by atoms with Crippen LogP contribution in [0.4, 0.5) is 0 Å². The van der Waals surface area contributed by atoms with E-state index in [-0.39, 0.29) is 24.4 Å². The van der Waals surface area contributed by atoms with Gasteiger partial charge < -0.3 is 15.8 Å². The van der Waals surface area contributed by atoms with Gasteiger partial charge in [-0.1, -0.05) is 38.0 Å². The van der Waals surface area contributed by atoms with E-state index in [0.717, 1.165) is 25.0 Å². The van der Waals surface area contributed by atoms with Gasteiger partial charge in [0.25, 0.3) is 0 Å². The maximum Gasteiger partial charge on any atom is 0.220 e. The first-order valence-corrected chi connectivity index (χ1v) is 7.43. The van der Waals surface area contributed by atoms with Gasteiger partial charge in [-0.25, -0.2) is 0 Å². The number of carbonyl (C=O) groups is 1. The first kappa shape index (κ1) is 19.7. The Morgan fingerprint density at radius 3 is 2.62 bits per heavy atom. The van der Waals surface area contributed by atoms with Crippen molar-refractivity contribution in [2.45, 2.75) is 45.1 Å². The van der Waals surface area contributed by atoms with E-state index in [0.29, 0.717) is 26.0 Å². The van der Waals surface area contributed by atoms with Crippen LogP contribution in [0.3, 0.4) is 0 Å². The molecular formula is C16H27ClN2O2. The molecule has 0 aliphatic rings. The van der Waals surface area contributed by atoms with Gasteiger partial charge in [0.05, 0.1) is 6.61 Å². The van der Waals surface area contributed by atoms with Crippen LogP contribution in [0.5, 0.6) is 5.75 Å². The lowest BCUT2D eigenvalue weighted by molar-refractivity contribution is -0.122. The first-order chi connectivity index (χ1) is 9.76. The quantitative estimate of drug-likeness (QED) is 0.653. The third-order valence-electron chi connectivity index (χ3n) is 3.12. The second-order valence-corrected chi connectivity index (χ2v) is 4.91. The number of rotatable bonds is 10. The fourth-order valence-corrected chi connectivity index (χ4v) is 1.94. The van der Waals surface area contributed by atoms with Crippen molar-refractivity contribution in [3.63, 3.8) is 0 Å². The molecule has 21 heavy (non-hydrogen) atoms. The molecule has 3 N–H and O–H groups in total. The predicted octanol–water partition coefficient (Wildman–Crippen LogP) is 2.90. The number of nitrogens with one attached hydrogen (secondary N) is 1. The Kier molecular flexibility index (Phi) is 11.7. The molecule has 0 fully saturated rings. The molecule has 0 heterocycles. The molecule has 0 radical (unpaired) electrons. The molecule has 4 nitrogen and oxygen atoms in total. The van der Waals surface area contributed by atoms with Crippen molar-refractivity contribution >= 4 is 18.3 Å². The SMILES string of the molecule is CCCCC(CN)NC(=O)CCCOc1ccccc1.Cl. The molecule has 0 aromatic heterocycles. The molecule has 1 rings (SSSR count). The minimum atomic E-state index is 0. The third kappa shape index (κ3) is 9.32. The monoisotopic (exact) mass is 314 g/mol. The Labute approximate surface area is 133 Å². The van der Waals surface area contributed by atoms with Crippen molar-refractivity contribution in [3.05, 3.63) is 30.3 Å². The van der Waals surface area contributed by atoms with Crippen molar-refractivity contribution < 1.29 is 9.53 Å². The van der Waals surface area contributed by atoms with Gasteiger partial charge in [0, 0.05) is 19.0 Å². The van der Waals surface area contributed by atoms with Gasteiger partial charge >= 0.3 is 0 Å². The molecule has 1 atom stereocenters. The predicted molar refractivity (Wildman–Crippen MR) is 88.9 cm³/mol. The van der Waals surface area contributed by atoms with Crippen LogP contribution >= 0.6 is 12.4 Å². The summed E-state index contributed by atoms with van der Waals surface area (Å²) in [6.45, 7) is 3.20. The van der Waals surface area contributed by atoms with E-state index in [9.17, 15) is 4.79 Å². The summed E-state index contributed by atoms with van der Waals surface area (Å²) >= 11 is 0. The summed E-state index contributed by atoms with van der Waals surface area (Å²) < 4.78 is 5.55. The van der Waals surface area contributed by atoms with Crippen LogP contribution in [0.15, 0.2) is 30.3 Å². The molecular weight excluding hydrogens is 288 g/mol. The lowest BCUT2D eigenvalue weighted by atomic mass is 10.1. The zero-order chi connectivity index (χ0) is 14.6. The van der Waals surface area contributed by atoms with Gasteiger partial charge in [-0.15, -0.1) is 12.4 Å². The highest BCUT2D eigenvalue weighted by Crippen LogP contribution is 2.08. The third-order valence-corrected chi connectivity index (χ3v) is 3.12. The number of nitrogens with two attached hydrogens (primary N) is 1. The number of halogens is 1. The molecule has 0 saturated carbocycles. The Morgan fingerprint density at radius 2 is 2.00 bits per heavy atom. The second-order valence-electron chi connectivity index (χ2n) is 4.91. The topological polar surface area (TPSA) is 64.3 Å². The zero-order valence-electron chi connectivity index (χ0n) is 12.7. The van der Waals surface area contributed by atoms with Crippen molar-refractivity contribution in [1.82, 2.24) is 5.32 Å². The van der Waals surface area contributed by atoms with Gasteiger partial charge in [0.15, 0.2) is 0 Å². The van der Waals surface area contributed by atoms with Crippen molar-refractivity contribution in [2.24, 2.45) is 5.73 Å². The van der Waals surface area contributed by atoms with Crippen LogP contribution in [0.2, 0.25) is 0 Å². The van der Waals surface area contributed by atoms with Crippen molar-refractivity contribution in [3.8, 4) is 5.75 Å². The Morgan fingerprint density at radius 1 is 1.29 bits per heavy atom. The molecule has 0 saturated heterocycles. The number of benzene rings is 1. The summed E-state index contributed by atoms with van der Waals surface area (Å²) in [7, 11) is 0. The highest BCUT2D eigenvalue weighted by Gasteiger charge is 2.09. The van der Waals surface area contributed by atoms with E-state index in [2.05, 4.69) is 12.2 Å². The number of hydrogen-bond donors (Lipinski definition) is 2. The van der Waals surface area contributed by atoms with Crippen LogP contribution in [0.25, 0.3) is 0 Å². The van der Waals surface area contributed by atoms with E-state index in [1.54, 1.807) is 0 Å². The lowest BCUT2D eigenvalue weighted by Crippen LogP contribution is -2.40. The Balaban J connectivity index is 0.00000400. The summed E-state index contributed by atoms with van der Waals surface area (Å²) in [5.41, 5.74) is 5.65. The summed E-state index contributed by atoms with van der Waals surface area (Å²) in [5, 5.41) is 2.98. The van der Waals surface area contributed by atoms with Crippen LogP contribution in [-0.2, 0) is 4.79 Å². The molecule has 1 unspecified atom stereocenters. The molecule has 0 aliphatic heterocycles. The minimum Gasteiger partial charge on any atom is -0.494 e. The smallest absolute Gasteiger partial charge is 0.220 e. The molecule has 1 amide bonds. The van der Waals surface area contributed by atoms with Gasteiger partial charge in [-0.05, 0) is 25.0 Å². The van der Waals surface area contributed by atoms with Crippen molar-refractivity contribution in [2.75, 3.05) is 13.2 Å². The standard InChI is InChI=1S/C16H26N2O2.ClH/c1-2-3-8-14(13-17)18-16(19)11-7-12-20-15-9-5-4-6-10-15;/h4-6,9-10,14H,2-3,7-8,11-13,17H2,1H3,(H,18,19);1H. The number of carbonyl (C=O) groups excluding carboxylic acids is 1. The number of ether oxygens (including phenoxy) is 1. The minimum absolute atomic E-state index is 0. The van der Waals surface area contributed by atoms with E-state index in [1.165, 1.54) is 0 Å². The van der Waals surface area contributed by atoms with E-state index in [4.69, 9.17) is 10.5 Å². The maximum atomic E-state index is 11.8. The highest BCUT2D eigenvalue weighted by molar-refractivity contribution is 5.85. The Bertz CT molecular complexity index is 374. The number of para-hydroxylation sites is 1. The normalized spacial score (nSPS) is 11.3. The number of hydrogen-bond acceptors (Lipinski definition) is 3. The average molecular weight is 315 g/mol. The van der Waals surface area contributed by atoms with Crippen LogP contribution < -0.4 is 15.8 Å². The van der Waals surface area contributed by atoms with E-state index < -0.39 is 0 Å². The average Bonchev–Trinajstić information content (AvgIpc) is 2.49. The summed E-state index contributed by atoms with van der Waals surface area (Å²) in [6, 6.07) is 9.75. The molecule has 1 aromatic rings. The van der Waals surface area contributed by atoms with Gasteiger partial charge in [0.2, 0.25) is 5.91 Å². The Hall–Kier alpha value is -1.26. The molecule has 0 spiro atoms. The lowest BCUT2D eigenvalue weighted by Gasteiger charge is -2.16. The fraction of sp³-hybridized carbons (Fsp3) is 0.562. The molecule has 0 bridgehead atoms. The summed E-state index contributed by atoms with van der Waals surface area (Å²) in [6.07, 6.45) is 4.37. The highest BCUT2D eigenvalue weighted by atomic mass is 35.5. The van der Waals surface area contributed by atoms with E-state index >= 15 is 0 Å². The first-order valence-electron chi connectivity index (χ1n) is 7.43. The molecule has 0 aliphatic carbocycles. The second kappa shape index (κ2) is 12.5. The van der Waals surface area contributed by atoms with Gasteiger partial charge in [-0.2, -0.15) is 0 Å². The number of amides is 1. The van der Waals surface area contributed by atoms with E-state index in [1.807, 2.05) is 30.3 Å². The van der Waals surface area contributed by atoms with Gasteiger partial charge in [-0.3, -0.25) is 4.79 Å². The van der Waals surface area contributed by atoms with Crippen LogP contribution in [0.1, 0.15) is 39.0 Å². The van der Waals surface area contributed by atoms with Crippen LogP contribution in [-0.4, -0.2) is 25.1 Å². The van der Waals surface area contributed by atoms with Gasteiger partial charge in [0.1, 0.15) is 5.75 Å². The largest absolute Gasteiger partial charge is 0.494 e.